The van der Waals surface area contributed by atoms with Crippen molar-refractivity contribution in [2.45, 2.75) is 45.2 Å². The van der Waals surface area contributed by atoms with Crippen molar-refractivity contribution < 1.29 is 9.32 Å². The quantitative estimate of drug-likeness (QED) is 0.518. The molecule has 0 saturated heterocycles. The van der Waals surface area contributed by atoms with Crippen LogP contribution < -0.4 is 10.9 Å². The third-order valence-electron chi connectivity index (χ3n) is 5.90. The van der Waals surface area contributed by atoms with Gasteiger partial charge in [-0.05, 0) is 50.1 Å². The molecule has 1 N–H and O–H groups in total. The SMILES string of the molecule is Cc1nc2cc(-c3noc(CNC(=O)c4ccccc4)n3)ccc2n(C2CCCC2)c1=O. The second kappa shape index (κ2) is 8.37. The summed E-state index contributed by atoms with van der Waals surface area (Å²) in [6.45, 7) is 1.88. The minimum absolute atomic E-state index is 0.0202. The van der Waals surface area contributed by atoms with Crippen molar-refractivity contribution in [3.63, 3.8) is 0 Å². The number of carbonyl (C=O) groups is 1. The maximum absolute atomic E-state index is 12.8. The van der Waals surface area contributed by atoms with E-state index < -0.39 is 0 Å². The zero-order valence-corrected chi connectivity index (χ0v) is 17.7. The largest absolute Gasteiger partial charge is 0.343 e. The number of nitrogens with zero attached hydrogens (tertiary/aromatic N) is 4. The Balaban J connectivity index is 1.40. The Labute approximate surface area is 184 Å². The van der Waals surface area contributed by atoms with E-state index >= 15 is 0 Å². The van der Waals surface area contributed by atoms with Crippen LogP contribution >= 0.6 is 0 Å². The first kappa shape index (κ1) is 20.1. The van der Waals surface area contributed by atoms with E-state index in [4.69, 9.17) is 4.52 Å². The standard InChI is InChI=1S/C24H23N5O3/c1-15-24(31)29(18-9-5-6-10-18)20-12-11-17(13-19(20)26-15)22-27-21(32-28-22)14-25-23(30)16-7-3-2-4-8-16/h2-4,7-8,11-13,18H,5-6,9-10,14H2,1H3,(H,25,30). The minimum atomic E-state index is -0.208. The summed E-state index contributed by atoms with van der Waals surface area (Å²) in [5.74, 6) is 0.513. The number of rotatable bonds is 5. The molecule has 1 saturated carbocycles. The lowest BCUT2D eigenvalue weighted by Gasteiger charge is -2.17. The fraction of sp³-hybridized carbons (Fsp3) is 0.292. The Hall–Kier alpha value is -3.81. The number of nitrogens with one attached hydrogen (secondary N) is 1. The first-order chi connectivity index (χ1) is 15.6. The molecule has 2 heterocycles. The van der Waals surface area contributed by atoms with Crippen LogP contribution in [-0.4, -0.2) is 25.6 Å². The highest BCUT2D eigenvalue weighted by Gasteiger charge is 2.22. The zero-order valence-electron chi connectivity index (χ0n) is 17.7. The van der Waals surface area contributed by atoms with E-state index in [1.165, 1.54) is 0 Å². The van der Waals surface area contributed by atoms with Gasteiger partial charge in [0, 0.05) is 17.2 Å². The minimum Gasteiger partial charge on any atom is -0.343 e. The summed E-state index contributed by atoms with van der Waals surface area (Å²) in [5.41, 5.74) is 3.33. The summed E-state index contributed by atoms with van der Waals surface area (Å²) >= 11 is 0. The predicted octanol–water partition coefficient (Wildman–Crippen LogP) is 3.80. The van der Waals surface area contributed by atoms with Gasteiger partial charge in [-0.1, -0.05) is 36.2 Å². The van der Waals surface area contributed by atoms with E-state index in [2.05, 4.69) is 20.4 Å². The molecule has 0 atom stereocenters. The average Bonchev–Trinajstić information content (AvgIpc) is 3.51. The Kier molecular flexibility index (Phi) is 5.26. The van der Waals surface area contributed by atoms with Gasteiger partial charge in [-0.2, -0.15) is 4.98 Å². The molecule has 1 fully saturated rings. The monoisotopic (exact) mass is 429 g/mol. The van der Waals surface area contributed by atoms with Crippen molar-refractivity contribution in [2.24, 2.45) is 0 Å². The molecule has 0 aliphatic heterocycles. The maximum Gasteiger partial charge on any atom is 0.272 e. The van der Waals surface area contributed by atoms with Gasteiger partial charge in [-0.3, -0.25) is 9.59 Å². The maximum atomic E-state index is 12.8. The van der Waals surface area contributed by atoms with E-state index in [-0.39, 0.29) is 24.1 Å². The van der Waals surface area contributed by atoms with Gasteiger partial charge < -0.3 is 14.4 Å². The first-order valence-corrected chi connectivity index (χ1v) is 10.8. The predicted molar refractivity (Wildman–Crippen MR) is 119 cm³/mol. The molecular formula is C24H23N5O3. The third-order valence-corrected chi connectivity index (χ3v) is 5.90. The van der Waals surface area contributed by atoms with Crippen molar-refractivity contribution in [2.75, 3.05) is 0 Å². The molecule has 4 aromatic rings. The molecule has 5 rings (SSSR count). The molecule has 2 aromatic heterocycles. The Morgan fingerprint density at radius 3 is 2.69 bits per heavy atom. The molecule has 8 nitrogen and oxygen atoms in total. The van der Waals surface area contributed by atoms with E-state index in [0.29, 0.717) is 23.0 Å². The van der Waals surface area contributed by atoms with Crippen LogP contribution in [0.1, 0.15) is 53.7 Å². The second-order valence-electron chi connectivity index (χ2n) is 8.07. The van der Waals surface area contributed by atoms with Crippen molar-refractivity contribution >= 4 is 16.9 Å². The topological polar surface area (TPSA) is 103 Å². The van der Waals surface area contributed by atoms with Gasteiger partial charge in [0.25, 0.3) is 11.5 Å². The van der Waals surface area contributed by atoms with Gasteiger partial charge in [0.2, 0.25) is 11.7 Å². The smallest absolute Gasteiger partial charge is 0.272 e. The molecular weight excluding hydrogens is 406 g/mol. The highest BCUT2D eigenvalue weighted by molar-refractivity contribution is 5.94. The lowest BCUT2D eigenvalue weighted by molar-refractivity contribution is 0.0946. The molecule has 1 aliphatic carbocycles. The fourth-order valence-corrected chi connectivity index (χ4v) is 4.28. The van der Waals surface area contributed by atoms with E-state index in [1.54, 1.807) is 31.2 Å². The summed E-state index contributed by atoms with van der Waals surface area (Å²) < 4.78 is 7.21. The van der Waals surface area contributed by atoms with Crippen LogP contribution in [0.25, 0.3) is 22.4 Å². The van der Waals surface area contributed by atoms with Gasteiger partial charge in [0.05, 0.1) is 17.6 Å². The van der Waals surface area contributed by atoms with Crippen molar-refractivity contribution in [1.29, 1.82) is 0 Å². The lowest BCUT2D eigenvalue weighted by atomic mass is 10.1. The van der Waals surface area contributed by atoms with Crippen LogP contribution in [0.4, 0.5) is 0 Å². The second-order valence-corrected chi connectivity index (χ2v) is 8.07. The number of fused-ring (bicyclic) bond motifs is 1. The van der Waals surface area contributed by atoms with Crippen molar-refractivity contribution in [3.8, 4) is 11.4 Å². The molecule has 0 spiro atoms. The zero-order chi connectivity index (χ0) is 22.1. The molecule has 162 valence electrons. The number of aryl methyl sites for hydroxylation is 1. The van der Waals surface area contributed by atoms with E-state index in [0.717, 1.165) is 42.3 Å². The molecule has 0 bridgehead atoms. The number of carbonyl (C=O) groups excluding carboxylic acids is 1. The Morgan fingerprint density at radius 1 is 1.12 bits per heavy atom. The van der Waals surface area contributed by atoms with Crippen molar-refractivity contribution in [3.05, 3.63) is 76.0 Å². The van der Waals surface area contributed by atoms with Gasteiger partial charge >= 0.3 is 0 Å². The van der Waals surface area contributed by atoms with Gasteiger partial charge in [-0.15, -0.1) is 0 Å². The number of amides is 1. The van der Waals surface area contributed by atoms with E-state index in [1.807, 2.05) is 28.8 Å². The Morgan fingerprint density at radius 2 is 1.91 bits per heavy atom. The summed E-state index contributed by atoms with van der Waals surface area (Å²) in [6.07, 6.45) is 4.32. The van der Waals surface area contributed by atoms with Crippen LogP contribution in [-0.2, 0) is 6.54 Å². The molecule has 1 aliphatic rings. The summed E-state index contributed by atoms with van der Waals surface area (Å²) in [4.78, 5) is 33.9. The number of aromatic nitrogens is 4. The normalized spacial score (nSPS) is 14.2. The van der Waals surface area contributed by atoms with Crippen LogP contribution in [0.2, 0.25) is 0 Å². The van der Waals surface area contributed by atoms with Gasteiger partial charge in [0.15, 0.2) is 0 Å². The van der Waals surface area contributed by atoms with Gasteiger partial charge in [0.1, 0.15) is 5.69 Å². The average molecular weight is 429 g/mol. The van der Waals surface area contributed by atoms with Crippen molar-refractivity contribution in [1.82, 2.24) is 25.0 Å². The molecule has 0 radical (unpaired) electrons. The number of benzene rings is 2. The molecule has 2 aromatic carbocycles. The van der Waals surface area contributed by atoms with Gasteiger partial charge in [-0.25, -0.2) is 4.98 Å². The fourth-order valence-electron chi connectivity index (χ4n) is 4.28. The van der Waals surface area contributed by atoms with Crippen LogP contribution in [0.15, 0.2) is 57.8 Å². The number of hydrogen-bond acceptors (Lipinski definition) is 6. The third kappa shape index (κ3) is 3.79. The highest BCUT2D eigenvalue weighted by Crippen LogP contribution is 2.31. The summed E-state index contributed by atoms with van der Waals surface area (Å²) in [5, 5.41) is 6.83. The van der Waals surface area contributed by atoms with Crippen LogP contribution in [0.5, 0.6) is 0 Å². The lowest BCUT2D eigenvalue weighted by Crippen LogP contribution is -2.26. The highest BCUT2D eigenvalue weighted by atomic mass is 16.5. The van der Waals surface area contributed by atoms with Crippen LogP contribution in [0.3, 0.4) is 0 Å². The Bertz CT molecular complexity index is 1340. The number of hydrogen-bond donors (Lipinski definition) is 1. The molecule has 32 heavy (non-hydrogen) atoms. The van der Waals surface area contributed by atoms with E-state index in [9.17, 15) is 9.59 Å². The molecule has 1 amide bonds. The molecule has 0 unspecified atom stereocenters. The summed E-state index contributed by atoms with van der Waals surface area (Å²) in [7, 11) is 0. The molecule has 8 heteroatoms. The summed E-state index contributed by atoms with van der Waals surface area (Å²) in [6, 6.07) is 14.8. The van der Waals surface area contributed by atoms with Crippen LogP contribution in [0, 0.1) is 6.92 Å². The first-order valence-electron chi connectivity index (χ1n) is 10.8.